The SMILES string of the molecule is CC/C(=C\F)COc1cnc(Cl)nc1. The predicted octanol–water partition coefficient (Wildman–Crippen LogP) is 2.77. The Balaban J connectivity index is 2.49. The lowest BCUT2D eigenvalue weighted by molar-refractivity contribution is 0.342. The lowest BCUT2D eigenvalue weighted by Gasteiger charge is -2.05. The van der Waals surface area contributed by atoms with Crippen molar-refractivity contribution >= 4 is 11.6 Å². The van der Waals surface area contributed by atoms with E-state index < -0.39 is 0 Å². The molecule has 1 heterocycles. The van der Waals surface area contributed by atoms with Crippen molar-refractivity contribution in [2.24, 2.45) is 0 Å². The van der Waals surface area contributed by atoms with Crippen molar-refractivity contribution in [1.29, 1.82) is 0 Å². The zero-order valence-corrected chi connectivity index (χ0v) is 8.46. The summed E-state index contributed by atoms with van der Waals surface area (Å²) in [7, 11) is 0. The Morgan fingerprint density at radius 3 is 2.71 bits per heavy atom. The summed E-state index contributed by atoms with van der Waals surface area (Å²) in [6, 6.07) is 0. The largest absolute Gasteiger partial charge is 0.486 e. The lowest BCUT2D eigenvalue weighted by atomic mass is 10.2. The minimum Gasteiger partial charge on any atom is -0.486 e. The quantitative estimate of drug-likeness (QED) is 0.726. The first kappa shape index (κ1) is 10.9. The topological polar surface area (TPSA) is 35.0 Å². The standard InChI is InChI=1S/C9H10ClFN2O/c1-2-7(3-11)6-14-8-4-12-9(10)13-5-8/h3-5H,2,6H2,1H3/b7-3+. The summed E-state index contributed by atoms with van der Waals surface area (Å²) < 4.78 is 17.3. The molecular formula is C9H10ClFN2O. The van der Waals surface area contributed by atoms with E-state index in [2.05, 4.69) is 9.97 Å². The zero-order chi connectivity index (χ0) is 10.4. The van der Waals surface area contributed by atoms with E-state index in [4.69, 9.17) is 16.3 Å². The third-order valence-corrected chi connectivity index (χ3v) is 1.82. The van der Waals surface area contributed by atoms with Crippen molar-refractivity contribution in [2.45, 2.75) is 13.3 Å². The minimum absolute atomic E-state index is 0.161. The van der Waals surface area contributed by atoms with Gasteiger partial charge in [-0.05, 0) is 23.6 Å². The van der Waals surface area contributed by atoms with Crippen molar-refractivity contribution in [1.82, 2.24) is 9.97 Å². The maximum Gasteiger partial charge on any atom is 0.222 e. The van der Waals surface area contributed by atoms with Crippen LogP contribution in [0, 0.1) is 0 Å². The first-order chi connectivity index (χ1) is 6.76. The van der Waals surface area contributed by atoms with Crippen LogP contribution in [-0.4, -0.2) is 16.6 Å². The zero-order valence-electron chi connectivity index (χ0n) is 7.70. The molecule has 0 bridgehead atoms. The molecule has 0 amide bonds. The van der Waals surface area contributed by atoms with Crippen LogP contribution in [0.25, 0.3) is 0 Å². The van der Waals surface area contributed by atoms with Gasteiger partial charge in [0.1, 0.15) is 6.61 Å². The van der Waals surface area contributed by atoms with Gasteiger partial charge < -0.3 is 4.74 Å². The van der Waals surface area contributed by atoms with E-state index in [9.17, 15) is 4.39 Å². The Hall–Kier alpha value is -1.16. The highest BCUT2D eigenvalue weighted by Gasteiger charge is 1.98. The van der Waals surface area contributed by atoms with Crippen LogP contribution >= 0.6 is 11.6 Å². The number of hydrogen-bond acceptors (Lipinski definition) is 3. The average molecular weight is 217 g/mol. The minimum atomic E-state index is 0.161. The molecule has 0 radical (unpaired) electrons. The van der Waals surface area contributed by atoms with Gasteiger partial charge in [-0.1, -0.05) is 6.92 Å². The van der Waals surface area contributed by atoms with E-state index in [1.54, 1.807) is 0 Å². The molecule has 0 unspecified atom stereocenters. The maximum atomic E-state index is 12.1. The first-order valence-corrected chi connectivity index (χ1v) is 4.52. The summed E-state index contributed by atoms with van der Waals surface area (Å²) in [5.74, 6) is 0.474. The lowest BCUT2D eigenvalue weighted by Crippen LogP contribution is -2.00. The Bertz CT molecular complexity index is 313. The van der Waals surface area contributed by atoms with Crippen molar-refractivity contribution in [3.8, 4) is 5.75 Å². The van der Waals surface area contributed by atoms with Crippen LogP contribution in [0.2, 0.25) is 5.28 Å². The molecule has 0 saturated heterocycles. The Labute approximate surface area is 86.6 Å². The molecule has 0 aliphatic carbocycles. The monoisotopic (exact) mass is 216 g/mol. The van der Waals surface area contributed by atoms with Crippen molar-refractivity contribution < 1.29 is 9.13 Å². The van der Waals surface area contributed by atoms with Crippen LogP contribution in [0.3, 0.4) is 0 Å². The van der Waals surface area contributed by atoms with Gasteiger partial charge in [-0.2, -0.15) is 0 Å². The van der Waals surface area contributed by atoms with Crippen LogP contribution in [0.15, 0.2) is 24.3 Å². The van der Waals surface area contributed by atoms with E-state index in [1.807, 2.05) is 6.92 Å². The van der Waals surface area contributed by atoms with Gasteiger partial charge in [-0.15, -0.1) is 0 Å². The van der Waals surface area contributed by atoms with Crippen LogP contribution < -0.4 is 4.74 Å². The summed E-state index contributed by atoms with van der Waals surface area (Å²) >= 11 is 5.48. The molecule has 14 heavy (non-hydrogen) atoms. The molecule has 1 rings (SSSR count). The fraction of sp³-hybridized carbons (Fsp3) is 0.333. The summed E-state index contributed by atoms with van der Waals surface area (Å²) in [4.78, 5) is 7.45. The molecule has 1 aromatic rings. The molecule has 0 N–H and O–H groups in total. The normalized spacial score (nSPS) is 11.5. The van der Waals surface area contributed by atoms with Gasteiger partial charge in [0.15, 0.2) is 5.75 Å². The third kappa shape index (κ3) is 3.30. The third-order valence-electron chi connectivity index (χ3n) is 1.63. The molecule has 1 aromatic heterocycles. The molecular weight excluding hydrogens is 207 g/mol. The highest BCUT2D eigenvalue weighted by atomic mass is 35.5. The summed E-state index contributed by atoms with van der Waals surface area (Å²) in [5.41, 5.74) is 0.583. The fourth-order valence-electron chi connectivity index (χ4n) is 0.762. The van der Waals surface area contributed by atoms with Gasteiger partial charge in [0.25, 0.3) is 0 Å². The van der Waals surface area contributed by atoms with E-state index >= 15 is 0 Å². The van der Waals surface area contributed by atoms with E-state index in [-0.39, 0.29) is 11.9 Å². The molecule has 0 spiro atoms. The number of hydrogen-bond donors (Lipinski definition) is 0. The molecule has 0 saturated carbocycles. The van der Waals surface area contributed by atoms with Crippen LogP contribution in [0.1, 0.15) is 13.3 Å². The van der Waals surface area contributed by atoms with E-state index in [1.165, 1.54) is 12.4 Å². The Morgan fingerprint density at radius 2 is 2.21 bits per heavy atom. The van der Waals surface area contributed by atoms with Gasteiger partial charge in [0, 0.05) is 0 Å². The Kier molecular flexibility index (Phi) is 4.32. The van der Waals surface area contributed by atoms with Gasteiger partial charge in [0.2, 0.25) is 5.28 Å². The van der Waals surface area contributed by atoms with Crippen molar-refractivity contribution in [3.63, 3.8) is 0 Å². The smallest absolute Gasteiger partial charge is 0.222 e. The fourth-order valence-corrected chi connectivity index (χ4v) is 0.859. The summed E-state index contributed by atoms with van der Waals surface area (Å²) in [6.45, 7) is 2.06. The van der Waals surface area contributed by atoms with Gasteiger partial charge in [0.05, 0.1) is 18.7 Å². The molecule has 0 aliphatic rings. The highest BCUT2D eigenvalue weighted by molar-refractivity contribution is 6.28. The number of ether oxygens (including phenoxy) is 1. The van der Waals surface area contributed by atoms with Gasteiger partial charge in [-0.3, -0.25) is 0 Å². The van der Waals surface area contributed by atoms with Crippen LogP contribution in [-0.2, 0) is 0 Å². The summed E-state index contributed by atoms with van der Waals surface area (Å²) in [5, 5.41) is 0.161. The van der Waals surface area contributed by atoms with Crippen molar-refractivity contribution in [2.75, 3.05) is 6.61 Å². The molecule has 3 nitrogen and oxygen atoms in total. The average Bonchev–Trinajstić information content (AvgIpc) is 2.22. The Morgan fingerprint density at radius 1 is 1.57 bits per heavy atom. The summed E-state index contributed by atoms with van der Waals surface area (Å²) in [6.07, 6.45) is 4.06. The second-order valence-corrected chi connectivity index (χ2v) is 2.94. The molecule has 0 fully saturated rings. The second kappa shape index (κ2) is 5.54. The van der Waals surface area contributed by atoms with Crippen molar-refractivity contribution in [3.05, 3.63) is 29.6 Å². The molecule has 76 valence electrons. The van der Waals surface area contributed by atoms with Gasteiger partial charge in [-0.25, -0.2) is 14.4 Å². The number of nitrogens with zero attached hydrogens (tertiary/aromatic N) is 2. The highest BCUT2D eigenvalue weighted by Crippen LogP contribution is 2.11. The second-order valence-electron chi connectivity index (χ2n) is 2.60. The molecule has 0 aromatic carbocycles. The maximum absolute atomic E-state index is 12.1. The van der Waals surface area contributed by atoms with Crippen LogP contribution in [0.4, 0.5) is 4.39 Å². The van der Waals surface area contributed by atoms with Crippen LogP contribution in [0.5, 0.6) is 5.75 Å². The molecule has 0 aliphatic heterocycles. The number of rotatable bonds is 4. The molecule has 5 heteroatoms. The molecule has 0 atom stereocenters. The number of halogens is 2. The van der Waals surface area contributed by atoms with E-state index in [0.717, 1.165) is 0 Å². The van der Waals surface area contributed by atoms with E-state index in [0.29, 0.717) is 24.1 Å². The number of aromatic nitrogens is 2. The predicted molar refractivity (Wildman–Crippen MR) is 52.0 cm³/mol. The van der Waals surface area contributed by atoms with Gasteiger partial charge >= 0.3 is 0 Å². The first-order valence-electron chi connectivity index (χ1n) is 4.14.